The van der Waals surface area contributed by atoms with Crippen LogP contribution >= 0.6 is 11.6 Å². The maximum Gasteiger partial charge on any atom is 0.275 e. The molecule has 0 aliphatic heterocycles. The molecule has 0 aliphatic carbocycles. The van der Waals surface area contributed by atoms with Gasteiger partial charge >= 0.3 is 0 Å². The number of nitrogens with zero attached hydrogens (tertiary/aromatic N) is 3. The third kappa shape index (κ3) is 3.22. The lowest BCUT2D eigenvalue weighted by atomic mass is 10.1. The lowest BCUT2D eigenvalue weighted by Crippen LogP contribution is -2.09. The van der Waals surface area contributed by atoms with Gasteiger partial charge in [-0.1, -0.05) is 11.6 Å². The number of hydrogen-bond donors (Lipinski definition) is 1. The Kier molecular flexibility index (Phi) is 4.59. The predicted molar refractivity (Wildman–Crippen MR) is 81.7 cm³/mol. The van der Waals surface area contributed by atoms with Crippen molar-refractivity contribution < 1.29 is 4.92 Å². The van der Waals surface area contributed by atoms with Crippen LogP contribution in [0.3, 0.4) is 0 Å². The zero-order chi connectivity index (χ0) is 15.6. The smallest absolute Gasteiger partial charge is 0.275 e. The van der Waals surface area contributed by atoms with E-state index in [0.29, 0.717) is 17.1 Å². The first kappa shape index (κ1) is 15.5. The molecule has 1 heterocycles. The molecular weight excluding hydrogens is 292 g/mol. The molecule has 1 N–H and O–H groups in total. The average molecular weight is 309 g/mol. The Morgan fingerprint density at radius 1 is 1.43 bits per heavy atom. The molecule has 0 radical (unpaired) electrons. The van der Waals surface area contributed by atoms with Crippen LogP contribution in [0, 0.1) is 24.0 Å². The number of aromatic nitrogens is 2. The summed E-state index contributed by atoms with van der Waals surface area (Å²) in [7, 11) is 1.88. The maximum atomic E-state index is 11.1. The number of benzene rings is 1. The molecule has 0 spiro atoms. The molecule has 0 fully saturated rings. The first-order valence-electron chi connectivity index (χ1n) is 6.54. The van der Waals surface area contributed by atoms with E-state index in [0.717, 1.165) is 23.5 Å². The van der Waals surface area contributed by atoms with Crippen LogP contribution in [-0.4, -0.2) is 21.8 Å². The lowest BCUT2D eigenvalue weighted by Gasteiger charge is -2.07. The Morgan fingerprint density at radius 3 is 2.76 bits per heavy atom. The summed E-state index contributed by atoms with van der Waals surface area (Å²) in [4.78, 5) is 10.7. The minimum Gasteiger partial charge on any atom is -0.316 e. The highest BCUT2D eigenvalue weighted by Crippen LogP contribution is 2.25. The Morgan fingerprint density at radius 2 is 2.14 bits per heavy atom. The standard InChI is InChI=1S/C14H17ClN4O2/c1-9-13(7-16-3)10(2)18(17-9)8-11-4-5-12(15)6-14(11)19(20)21/h4-6,16H,7-8H2,1-3H3. The van der Waals surface area contributed by atoms with Crippen LogP contribution in [0.2, 0.25) is 5.02 Å². The first-order chi connectivity index (χ1) is 9.93. The van der Waals surface area contributed by atoms with Crippen molar-refractivity contribution in [1.82, 2.24) is 15.1 Å². The van der Waals surface area contributed by atoms with Crippen LogP contribution < -0.4 is 5.32 Å². The maximum absolute atomic E-state index is 11.1. The summed E-state index contributed by atoms with van der Waals surface area (Å²) in [6.45, 7) is 4.98. The number of halogens is 1. The van der Waals surface area contributed by atoms with Crippen LogP contribution in [0.1, 0.15) is 22.5 Å². The molecule has 6 nitrogen and oxygen atoms in total. The third-order valence-electron chi connectivity index (χ3n) is 3.45. The molecule has 0 amide bonds. The highest BCUT2D eigenvalue weighted by atomic mass is 35.5. The van der Waals surface area contributed by atoms with Crippen molar-refractivity contribution in [2.24, 2.45) is 0 Å². The lowest BCUT2D eigenvalue weighted by molar-refractivity contribution is -0.385. The van der Waals surface area contributed by atoms with Gasteiger partial charge in [-0.25, -0.2) is 0 Å². The molecule has 112 valence electrons. The van der Waals surface area contributed by atoms with Gasteiger partial charge in [0.1, 0.15) is 0 Å². The van der Waals surface area contributed by atoms with E-state index < -0.39 is 4.92 Å². The van der Waals surface area contributed by atoms with Gasteiger partial charge < -0.3 is 5.32 Å². The van der Waals surface area contributed by atoms with E-state index in [1.807, 2.05) is 20.9 Å². The van der Waals surface area contributed by atoms with Gasteiger partial charge in [-0.2, -0.15) is 5.10 Å². The summed E-state index contributed by atoms with van der Waals surface area (Å²) < 4.78 is 1.79. The Bertz CT molecular complexity index is 682. The van der Waals surface area contributed by atoms with Gasteiger partial charge in [-0.15, -0.1) is 0 Å². The molecule has 0 atom stereocenters. The van der Waals surface area contributed by atoms with Crippen molar-refractivity contribution >= 4 is 17.3 Å². The Hall–Kier alpha value is -1.92. The number of aryl methyl sites for hydroxylation is 1. The number of nitro groups is 1. The highest BCUT2D eigenvalue weighted by Gasteiger charge is 2.17. The quantitative estimate of drug-likeness (QED) is 0.681. The van der Waals surface area contributed by atoms with Gasteiger partial charge in [-0.05, 0) is 33.0 Å². The van der Waals surface area contributed by atoms with Crippen LogP contribution in [0.15, 0.2) is 18.2 Å². The number of nitro benzene ring substituents is 1. The molecule has 7 heteroatoms. The molecule has 2 aromatic rings. The van der Waals surface area contributed by atoms with E-state index in [1.165, 1.54) is 6.07 Å². The van der Waals surface area contributed by atoms with Gasteiger partial charge in [-0.3, -0.25) is 14.8 Å². The normalized spacial score (nSPS) is 10.9. The molecule has 1 aromatic heterocycles. The zero-order valence-electron chi connectivity index (χ0n) is 12.2. The van der Waals surface area contributed by atoms with E-state index in [1.54, 1.807) is 16.8 Å². The molecule has 0 aliphatic rings. The van der Waals surface area contributed by atoms with Crippen molar-refractivity contribution in [2.45, 2.75) is 26.9 Å². The van der Waals surface area contributed by atoms with Gasteiger partial charge in [0.25, 0.3) is 5.69 Å². The number of rotatable bonds is 5. The zero-order valence-corrected chi connectivity index (χ0v) is 12.9. The second-order valence-corrected chi connectivity index (χ2v) is 5.30. The molecule has 0 saturated carbocycles. The molecule has 0 saturated heterocycles. The van der Waals surface area contributed by atoms with Gasteiger partial charge in [0.2, 0.25) is 0 Å². The van der Waals surface area contributed by atoms with E-state index in [4.69, 9.17) is 11.6 Å². The minimum atomic E-state index is -0.415. The van der Waals surface area contributed by atoms with Crippen LogP contribution in [-0.2, 0) is 13.1 Å². The van der Waals surface area contributed by atoms with Gasteiger partial charge in [0.15, 0.2) is 0 Å². The topological polar surface area (TPSA) is 73.0 Å². The molecule has 2 rings (SSSR count). The Balaban J connectivity index is 2.39. The fourth-order valence-electron chi connectivity index (χ4n) is 2.32. The van der Waals surface area contributed by atoms with E-state index in [-0.39, 0.29) is 5.69 Å². The molecule has 0 unspecified atom stereocenters. The fraction of sp³-hybridized carbons (Fsp3) is 0.357. The SMILES string of the molecule is CNCc1c(C)nn(Cc2ccc(Cl)cc2[N+](=O)[O-])c1C. The minimum absolute atomic E-state index is 0.0187. The molecule has 1 aromatic carbocycles. The second-order valence-electron chi connectivity index (χ2n) is 4.87. The number of hydrogen-bond acceptors (Lipinski definition) is 4. The van der Waals surface area contributed by atoms with Crippen molar-refractivity contribution in [2.75, 3.05) is 7.05 Å². The summed E-state index contributed by atoms with van der Waals surface area (Å²) in [5.41, 5.74) is 3.66. The van der Waals surface area contributed by atoms with Crippen molar-refractivity contribution in [3.63, 3.8) is 0 Å². The number of nitrogens with one attached hydrogen (secondary N) is 1. The van der Waals surface area contributed by atoms with Crippen LogP contribution in [0.25, 0.3) is 0 Å². The summed E-state index contributed by atoms with van der Waals surface area (Å²) >= 11 is 5.83. The van der Waals surface area contributed by atoms with Crippen molar-refractivity contribution in [3.8, 4) is 0 Å². The third-order valence-corrected chi connectivity index (χ3v) is 3.68. The van der Waals surface area contributed by atoms with Crippen LogP contribution in [0.5, 0.6) is 0 Å². The summed E-state index contributed by atoms with van der Waals surface area (Å²) in [6.07, 6.45) is 0. The Labute approximate surface area is 127 Å². The summed E-state index contributed by atoms with van der Waals surface area (Å²) in [6, 6.07) is 4.70. The first-order valence-corrected chi connectivity index (χ1v) is 6.92. The van der Waals surface area contributed by atoms with Crippen molar-refractivity contribution in [3.05, 3.63) is 55.9 Å². The molecule has 0 bridgehead atoms. The fourth-order valence-corrected chi connectivity index (χ4v) is 2.49. The van der Waals surface area contributed by atoms with Gasteiger partial charge in [0.05, 0.1) is 22.7 Å². The monoisotopic (exact) mass is 308 g/mol. The summed E-state index contributed by atoms with van der Waals surface area (Å²) in [5, 5.41) is 19.1. The molecule has 21 heavy (non-hydrogen) atoms. The highest BCUT2D eigenvalue weighted by molar-refractivity contribution is 6.30. The van der Waals surface area contributed by atoms with Crippen molar-refractivity contribution in [1.29, 1.82) is 0 Å². The largest absolute Gasteiger partial charge is 0.316 e. The average Bonchev–Trinajstić information content (AvgIpc) is 2.68. The second kappa shape index (κ2) is 6.24. The molecular formula is C14H17ClN4O2. The van der Waals surface area contributed by atoms with E-state index in [9.17, 15) is 10.1 Å². The van der Waals surface area contributed by atoms with Crippen LogP contribution in [0.4, 0.5) is 5.69 Å². The summed E-state index contributed by atoms with van der Waals surface area (Å²) in [5.74, 6) is 0. The van der Waals surface area contributed by atoms with E-state index in [2.05, 4.69) is 10.4 Å². The predicted octanol–water partition coefficient (Wildman–Crippen LogP) is 2.83. The van der Waals surface area contributed by atoms with E-state index >= 15 is 0 Å². The van der Waals surface area contributed by atoms with Gasteiger partial charge in [0, 0.05) is 28.9 Å².